The molecule has 0 spiro atoms. The number of anilines is 1. The molecule has 19 heavy (non-hydrogen) atoms. The maximum atomic E-state index is 12.1. The lowest BCUT2D eigenvalue weighted by Gasteiger charge is -2.10. The van der Waals surface area contributed by atoms with Gasteiger partial charge in [0.2, 0.25) is 0 Å². The molecule has 1 amide bonds. The molecule has 0 fully saturated rings. The van der Waals surface area contributed by atoms with Crippen LogP contribution >= 0.6 is 15.9 Å². The molecule has 1 atom stereocenters. The predicted octanol–water partition coefficient (Wildman–Crippen LogP) is 1.77. The van der Waals surface area contributed by atoms with Gasteiger partial charge < -0.3 is 10.6 Å². The summed E-state index contributed by atoms with van der Waals surface area (Å²) in [6.07, 6.45) is 1.64. The Hall–Kier alpha value is -0.950. The van der Waals surface area contributed by atoms with Crippen LogP contribution in [0, 0.1) is 0 Å². The van der Waals surface area contributed by atoms with Crippen molar-refractivity contribution in [3.8, 4) is 0 Å². The maximum absolute atomic E-state index is 12.1. The van der Waals surface area contributed by atoms with Crippen molar-refractivity contribution in [3.05, 3.63) is 22.3 Å². The normalized spacial score (nSPS) is 11.9. The fourth-order valence-corrected chi connectivity index (χ4v) is 2.39. The van der Waals surface area contributed by atoms with E-state index in [4.69, 9.17) is 0 Å². The Balaban J connectivity index is 2.69. The Morgan fingerprint density at radius 2 is 2.21 bits per heavy atom. The summed E-state index contributed by atoms with van der Waals surface area (Å²) in [5.74, 6) is 1.43. The number of amides is 1. The SMILES string of the molecule is CCNc1ncc(Br)cc1C(=O)NCCS(=O)CC. The number of nitrogens with zero attached hydrogens (tertiary/aromatic N) is 1. The summed E-state index contributed by atoms with van der Waals surface area (Å²) < 4.78 is 12.0. The monoisotopic (exact) mass is 347 g/mol. The molecule has 0 aliphatic rings. The first-order chi connectivity index (χ1) is 9.08. The minimum absolute atomic E-state index is 0.210. The van der Waals surface area contributed by atoms with E-state index in [1.165, 1.54) is 0 Å². The first-order valence-electron chi connectivity index (χ1n) is 6.11. The molecule has 2 N–H and O–H groups in total. The summed E-state index contributed by atoms with van der Waals surface area (Å²) in [6.45, 7) is 4.89. The van der Waals surface area contributed by atoms with Crippen molar-refractivity contribution < 1.29 is 9.00 Å². The highest BCUT2D eigenvalue weighted by Gasteiger charge is 2.12. The van der Waals surface area contributed by atoms with Crippen LogP contribution in [-0.4, -0.2) is 39.7 Å². The Morgan fingerprint density at radius 1 is 1.47 bits per heavy atom. The third-order valence-corrected chi connectivity index (χ3v) is 4.12. The van der Waals surface area contributed by atoms with Crippen molar-refractivity contribution in [2.45, 2.75) is 13.8 Å². The van der Waals surface area contributed by atoms with Crippen molar-refractivity contribution in [1.82, 2.24) is 10.3 Å². The number of carbonyl (C=O) groups excluding carboxylic acids is 1. The molecule has 0 bridgehead atoms. The fraction of sp³-hybridized carbons (Fsp3) is 0.500. The van der Waals surface area contributed by atoms with E-state index in [0.29, 0.717) is 36.0 Å². The third-order valence-electron chi connectivity index (χ3n) is 2.38. The van der Waals surface area contributed by atoms with Gasteiger partial charge in [0.05, 0.1) is 5.56 Å². The van der Waals surface area contributed by atoms with Crippen LogP contribution in [0.3, 0.4) is 0 Å². The Bertz CT molecular complexity index is 468. The van der Waals surface area contributed by atoms with Gasteiger partial charge in [-0.25, -0.2) is 4.98 Å². The quantitative estimate of drug-likeness (QED) is 0.788. The van der Waals surface area contributed by atoms with Crippen LogP contribution in [0.1, 0.15) is 24.2 Å². The van der Waals surface area contributed by atoms with Gasteiger partial charge in [-0.15, -0.1) is 0 Å². The highest BCUT2D eigenvalue weighted by Crippen LogP contribution is 2.17. The highest BCUT2D eigenvalue weighted by atomic mass is 79.9. The summed E-state index contributed by atoms with van der Waals surface area (Å²) in [5.41, 5.74) is 0.485. The average Bonchev–Trinajstić information content (AvgIpc) is 2.40. The molecule has 0 aromatic carbocycles. The molecule has 1 unspecified atom stereocenters. The molecule has 7 heteroatoms. The Morgan fingerprint density at radius 3 is 2.84 bits per heavy atom. The molecule has 1 rings (SSSR count). The molecule has 1 aromatic rings. The number of hydrogen-bond acceptors (Lipinski definition) is 4. The zero-order valence-electron chi connectivity index (χ0n) is 11.0. The van der Waals surface area contributed by atoms with Crippen molar-refractivity contribution in [3.63, 3.8) is 0 Å². The Labute approximate surface area is 124 Å². The number of nitrogens with one attached hydrogen (secondary N) is 2. The van der Waals surface area contributed by atoms with Gasteiger partial charge in [-0.3, -0.25) is 9.00 Å². The van der Waals surface area contributed by atoms with Gasteiger partial charge in [-0.1, -0.05) is 6.92 Å². The molecule has 0 saturated heterocycles. The van der Waals surface area contributed by atoms with E-state index in [2.05, 4.69) is 31.5 Å². The Kier molecular flexibility index (Phi) is 7.01. The first kappa shape index (κ1) is 16.1. The first-order valence-corrected chi connectivity index (χ1v) is 8.39. The summed E-state index contributed by atoms with van der Waals surface area (Å²) in [7, 11) is -0.868. The fourth-order valence-electron chi connectivity index (χ4n) is 1.44. The van der Waals surface area contributed by atoms with Gasteiger partial charge in [-0.05, 0) is 28.9 Å². The van der Waals surface area contributed by atoms with Gasteiger partial charge in [0.1, 0.15) is 5.82 Å². The van der Waals surface area contributed by atoms with Crippen LogP contribution in [-0.2, 0) is 10.8 Å². The second-order valence-electron chi connectivity index (χ2n) is 3.77. The minimum atomic E-state index is -0.868. The average molecular weight is 348 g/mol. The molecule has 106 valence electrons. The lowest BCUT2D eigenvalue weighted by molar-refractivity contribution is 0.0956. The summed E-state index contributed by atoms with van der Waals surface area (Å²) in [6, 6.07) is 1.72. The molecular weight excluding hydrogens is 330 g/mol. The number of carbonyl (C=O) groups is 1. The molecular formula is C12H18BrN3O2S. The van der Waals surface area contributed by atoms with Crippen molar-refractivity contribution in [2.75, 3.05) is 29.9 Å². The zero-order valence-corrected chi connectivity index (χ0v) is 13.4. The summed E-state index contributed by atoms with van der Waals surface area (Å²) in [5, 5.41) is 5.80. The highest BCUT2D eigenvalue weighted by molar-refractivity contribution is 9.10. The molecule has 1 heterocycles. The van der Waals surface area contributed by atoms with Crippen LogP contribution in [0.2, 0.25) is 0 Å². The van der Waals surface area contributed by atoms with Crippen LogP contribution in [0.15, 0.2) is 16.7 Å². The number of halogens is 1. The van der Waals surface area contributed by atoms with E-state index in [1.54, 1.807) is 12.3 Å². The van der Waals surface area contributed by atoms with Crippen LogP contribution in [0.25, 0.3) is 0 Å². The molecule has 1 aromatic heterocycles. The largest absolute Gasteiger partial charge is 0.370 e. The second-order valence-corrected chi connectivity index (χ2v) is 6.55. The lowest BCUT2D eigenvalue weighted by atomic mass is 10.2. The second kappa shape index (κ2) is 8.27. The molecule has 0 aliphatic carbocycles. The van der Waals surface area contributed by atoms with E-state index in [9.17, 15) is 9.00 Å². The molecule has 5 nitrogen and oxygen atoms in total. The lowest BCUT2D eigenvalue weighted by Crippen LogP contribution is -2.29. The number of aromatic nitrogens is 1. The van der Waals surface area contributed by atoms with Crippen LogP contribution in [0.5, 0.6) is 0 Å². The topological polar surface area (TPSA) is 71.1 Å². The summed E-state index contributed by atoms with van der Waals surface area (Å²) in [4.78, 5) is 16.2. The van der Waals surface area contributed by atoms with E-state index in [0.717, 1.165) is 4.47 Å². The van der Waals surface area contributed by atoms with Crippen molar-refractivity contribution in [1.29, 1.82) is 0 Å². The van der Waals surface area contributed by atoms with Gasteiger partial charge in [0.15, 0.2) is 0 Å². The van der Waals surface area contributed by atoms with E-state index in [-0.39, 0.29) is 5.91 Å². The third kappa shape index (κ3) is 5.28. The molecule has 0 aliphatic heterocycles. The van der Waals surface area contributed by atoms with Gasteiger partial charge in [-0.2, -0.15) is 0 Å². The van der Waals surface area contributed by atoms with Crippen LogP contribution in [0.4, 0.5) is 5.82 Å². The van der Waals surface area contributed by atoms with Crippen molar-refractivity contribution in [2.24, 2.45) is 0 Å². The van der Waals surface area contributed by atoms with E-state index >= 15 is 0 Å². The van der Waals surface area contributed by atoms with Gasteiger partial charge >= 0.3 is 0 Å². The summed E-state index contributed by atoms with van der Waals surface area (Å²) >= 11 is 3.30. The minimum Gasteiger partial charge on any atom is -0.370 e. The van der Waals surface area contributed by atoms with E-state index < -0.39 is 10.8 Å². The van der Waals surface area contributed by atoms with Gasteiger partial charge in [0.25, 0.3) is 5.91 Å². The van der Waals surface area contributed by atoms with Crippen LogP contribution < -0.4 is 10.6 Å². The molecule has 0 saturated carbocycles. The number of pyridine rings is 1. The zero-order chi connectivity index (χ0) is 14.3. The number of hydrogen-bond donors (Lipinski definition) is 2. The maximum Gasteiger partial charge on any atom is 0.255 e. The van der Waals surface area contributed by atoms with Crippen molar-refractivity contribution >= 4 is 38.5 Å². The standard InChI is InChI=1S/C12H18BrN3O2S/c1-3-14-11-10(7-9(13)8-16-11)12(17)15-5-6-19(18)4-2/h7-8H,3-6H2,1-2H3,(H,14,16)(H,15,17). The predicted molar refractivity (Wildman–Crippen MR) is 82.0 cm³/mol. The smallest absolute Gasteiger partial charge is 0.255 e. The number of rotatable bonds is 7. The van der Waals surface area contributed by atoms with E-state index in [1.807, 2.05) is 13.8 Å². The molecule has 0 radical (unpaired) electrons. The van der Waals surface area contributed by atoms with Gasteiger partial charge in [0, 0.05) is 46.1 Å².